The minimum absolute atomic E-state index is 0.120. The number of fused-ring (bicyclic) bond motifs is 1. The number of aromatic nitrogens is 4. The van der Waals surface area contributed by atoms with Gasteiger partial charge in [-0.05, 0) is 31.2 Å². The second-order valence-corrected chi connectivity index (χ2v) is 9.91. The van der Waals surface area contributed by atoms with Crippen LogP contribution >= 0.6 is 34.4 Å². The number of amides is 1. The number of para-hydroxylation sites is 1. The third-order valence-corrected chi connectivity index (χ3v) is 7.68. The molecule has 0 saturated carbocycles. The smallest absolute Gasteiger partial charge is 0.236 e. The Labute approximate surface area is 196 Å². The number of carbonyl (C=O) groups is 1. The van der Waals surface area contributed by atoms with Crippen molar-refractivity contribution in [3.8, 4) is 21.1 Å². The fourth-order valence-corrected chi connectivity index (χ4v) is 5.61. The van der Waals surface area contributed by atoms with Crippen LogP contribution in [0.15, 0.2) is 71.8 Å². The summed E-state index contributed by atoms with van der Waals surface area (Å²) >= 11 is 4.41. The van der Waals surface area contributed by atoms with Crippen molar-refractivity contribution >= 4 is 55.7 Å². The van der Waals surface area contributed by atoms with Crippen molar-refractivity contribution in [2.75, 3.05) is 11.1 Å². The maximum absolute atomic E-state index is 12.3. The summed E-state index contributed by atoms with van der Waals surface area (Å²) in [5, 5.41) is 13.8. The van der Waals surface area contributed by atoms with Gasteiger partial charge in [0.2, 0.25) is 5.91 Å². The molecule has 0 fully saturated rings. The van der Waals surface area contributed by atoms with E-state index in [4.69, 9.17) is 0 Å². The zero-order valence-corrected chi connectivity index (χ0v) is 19.4. The van der Waals surface area contributed by atoms with E-state index in [1.807, 2.05) is 73.7 Å². The Morgan fingerprint density at radius 1 is 0.938 bits per heavy atom. The normalized spacial score (nSPS) is 11.0. The third-order valence-electron chi connectivity index (χ3n) is 4.58. The largest absolute Gasteiger partial charge is 0.301 e. The lowest BCUT2D eigenvalue weighted by molar-refractivity contribution is -0.113. The predicted octanol–water partition coefficient (Wildman–Crippen LogP) is 5.92. The third kappa shape index (κ3) is 4.55. The Morgan fingerprint density at radius 3 is 2.53 bits per heavy atom. The number of carbonyl (C=O) groups excluding carboxylic acids is 1. The van der Waals surface area contributed by atoms with E-state index in [0.29, 0.717) is 10.2 Å². The molecular weight excluding hydrogens is 458 g/mol. The van der Waals surface area contributed by atoms with Gasteiger partial charge in [-0.2, -0.15) is 0 Å². The molecule has 0 aliphatic heterocycles. The Kier molecular flexibility index (Phi) is 5.93. The number of rotatable bonds is 6. The van der Waals surface area contributed by atoms with Gasteiger partial charge >= 0.3 is 0 Å². The lowest BCUT2D eigenvalue weighted by atomic mass is 10.2. The molecular formula is C23H17N5OS3. The topological polar surface area (TPSA) is 80.7 Å². The average Bonchev–Trinajstić information content (AvgIpc) is 3.41. The van der Waals surface area contributed by atoms with Crippen LogP contribution in [0.1, 0.15) is 5.69 Å². The highest BCUT2D eigenvalue weighted by molar-refractivity contribution is 7.99. The van der Waals surface area contributed by atoms with Crippen LogP contribution in [0.2, 0.25) is 0 Å². The summed E-state index contributed by atoms with van der Waals surface area (Å²) in [6.45, 7) is 1.98. The number of anilines is 1. The van der Waals surface area contributed by atoms with E-state index in [9.17, 15) is 4.79 Å². The lowest BCUT2D eigenvalue weighted by Crippen LogP contribution is -2.13. The van der Waals surface area contributed by atoms with Gasteiger partial charge in [0, 0.05) is 5.56 Å². The molecule has 3 aromatic heterocycles. The molecule has 0 saturated heterocycles. The SMILES string of the molecule is Cc1nc(-c2ccccc2)sc1-c1ccc(SCC(=O)Nc2nc3ccccc3s2)nn1. The number of benzene rings is 2. The van der Waals surface area contributed by atoms with Crippen LogP contribution in [-0.4, -0.2) is 31.8 Å². The minimum Gasteiger partial charge on any atom is -0.301 e. The van der Waals surface area contributed by atoms with Crippen LogP contribution in [-0.2, 0) is 4.79 Å². The maximum atomic E-state index is 12.3. The summed E-state index contributed by atoms with van der Waals surface area (Å²) in [5.41, 5.74) is 3.69. The quantitative estimate of drug-likeness (QED) is 0.307. The molecule has 32 heavy (non-hydrogen) atoms. The first-order valence-corrected chi connectivity index (χ1v) is 12.4. The van der Waals surface area contributed by atoms with Crippen LogP contribution in [0.4, 0.5) is 5.13 Å². The highest BCUT2D eigenvalue weighted by atomic mass is 32.2. The molecule has 0 bridgehead atoms. The molecule has 6 nitrogen and oxygen atoms in total. The van der Waals surface area contributed by atoms with Crippen molar-refractivity contribution < 1.29 is 4.79 Å². The van der Waals surface area contributed by atoms with E-state index in [0.717, 1.165) is 37.1 Å². The summed E-state index contributed by atoms with van der Waals surface area (Å²) in [5.74, 6) is 0.118. The van der Waals surface area contributed by atoms with Crippen molar-refractivity contribution in [3.05, 3.63) is 72.4 Å². The second-order valence-electron chi connectivity index (χ2n) is 6.88. The summed E-state index contributed by atoms with van der Waals surface area (Å²) in [7, 11) is 0. The van der Waals surface area contributed by atoms with E-state index in [1.165, 1.54) is 23.1 Å². The van der Waals surface area contributed by atoms with Gasteiger partial charge in [0.15, 0.2) is 5.13 Å². The zero-order chi connectivity index (χ0) is 21.9. The predicted molar refractivity (Wildman–Crippen MR) is 132 cm³/mol. The molecule has 0 unspecified atom stereocenters. The Bertz CT molecular complexity index is 1350. The monoisotopic (exact) mass is 475 g/mol. The van der Waals surface area contributed by atoms with Crippen LogP contribution in [0.3, 0.4) is 0 Å². The van der Waals surface area contributed by atoms with Gasteiger partial charge in [-0.1, -0.05) is 65.6 Å². The van der Waals surface area contributed by atoms with Gasteiger partial charge in [0.25, 0.3) is 0 Å². The molecule has 2 aromatic carbocycles. The van der Waals surface area contributed by atoms with Gasteiger partial charge in [0.05, 0.1) is 26.5 Å². The Morgan fingerprint density at radius 2 is 1.75 bits per heavy atom. The first-order chi connectivity index (χ1) is 15.7. The number of hydrogen-bond acceptors (Lipinski definition) is 8. The van der Waals surface area contributed by atoms with Crippen molar-refractivity contribution in [1.82, 2.24) is 20.2 Å². The number of thiazole rings is 2. The van der Waals surface area contributed by atoms with Crippen molar-refractivity contribution in [3.63, 3.8) is 0 Å². The summed E-state index contributed by atoms with van der Waals surface area (Å²) in [6, 6.07) is 21.7. The van der Waals surface area contributed by atoms with E-state index >= 15 is 0 Å². The minimum atomic E-state index is -0.120. The standard InChI is InChI=1S/C23H17N5OS3/c1-14-21(32-22(24-14)15-7-3-2-4-8-15)17-11-12-20(28-27-17)30-13-19(29)26-23-25-16-9-5-6-10-18(16)31-23/h2-12H,13H2,1H3,(H,25,26,29). The molecule has 1 N–H and O–H groups in total. The maximum Gasteiger partial charge on any atom is 0.236 e. The van der Waals surface area contributed by atoms with E-state index in [1.54, 1.807) is 11.3 Å². The summed E-state index contributed by atoms with van der Waals surface area (Å²) < 4.78 is 1.05. The van der Waals surface area contributed by atoms with Crippen LogP contribution < -0.4 is 5.32 Å². The van der Waals surface area contributed by atoms with Gasteiger partial charge in [-0.25, -0.2) is 9.97 Å². The molecule has 0 aliphatic carbocycles. The number of aryl methyl sites for hydroxylation is 1. The molecule has 9 heteroatoms. The van der Waals surface area contributed by atoms with E-state index < -0.39 is 0 Å². The molecule has 1 amide bonds. The molecule has 5 rings (SSSR count). The molecule has 0 radical (unpaired) electrons. The fourth-order valence-electron chi connectivity index (χ4n) is 3.08. The number of hydrogen-bond donors (Lipinski definition) is 1. The van der Waals surface area contributed by atoms with E-state index in [-0.39, 0.29) is 11.7 Å². The van der Waals surface area contributed by atoms with Crippen LogP contribution in [0, 0.1) is 6.92 Å². The van der Waals surface area contributed by atoms with Crippen molar-refractivity contribution in [2.45, 2.75) is 11.9 Å². The van der Waals surface area contributed by atoms with E-state index in [2.05, 4.69) is 25.5 Å². The first kappa shape index (κ1) is 20.7. The number of nitrogens with one attached hydrogen (secondary N) is 1. The van der Waals surface area contributed by atoms with Gasteiger partial charge < -0.3 is 5.32 Å². The Balaban J connectivity index is 1.22. The van der Waals surface area contributed by atoms with Gasteiger partial charge in [0.1, 0.15) is 15.7 Å². The summed E-state index contributed by atoms with van der Waals surface area (Å²) in [6.07, 6.45) is 0. The van der Waals surface area contributed by atoms with Crippen molar-refractivity contribution in [1.29, 1.82) is 0 Å². The van der Waals surface area contributed by atoms with Crippen LogP contribution in [0.5, 0.6) is 0 Å². The van der Waals surface area contributed by atoms with Gasteiger partial charge in [-0.3, -0.25) is 4.79 Å². The van der Waals surface area contributed by atoms with Crippen molar-refractivity contribution in [2.24, 2.45) is 0 Å². The highest BCUT2D eigenvalue weighted by Gasteiger charge is 2.14. The molecule has 158 valence electrons. The second kappa shape index (κ2) is 9.15. The summed E-state index contributed by atoms with van der Waals surface area (Å²) in [4.78, 5) is 22.4. The molecule has 0 spiro atoms. The highest BCUT2D eigenvalue weighted by Crippen LogP contribution is 2.34. The van der Waals surface area contributed by atoms with Gasteiger partial charge in [-0.15, -0.1) is 21.5 Å². The van der Waals surface area contributed by atoms with Crippen LogP contribution in [0.25, 0.3) is 31.4 Å². The number of thioether (sulfide) groups is 1. The molecule has 0 atom stereocenters. The average molecular weight is 476 g/mol. The zero-order valence-electron chi connectivity index (χ0n) is 17.0. The number of nitrogens with zero attached hydrogens (tertiary/aromatic N) is 4. The lowest BCUT2D eigenvalue weighted by Gasteiger charge is -2.02. The fraction of sp³-hybridized carbons (Fsp3) is 0.0870. The Hall–Kier alpha value is -3.14. The first-order valence-electron chi connectivity index (χ1n) is 9.81. The molecule has 0 aliphatic rings. The molecule has 5 aromatic rings. The molecule has 3 heterocycles.